The second-order valence-electron chi connectivity index (χ2n) is 5.86. The number of amides is 1. The highest BCUT2D eigenvalue weighted by Gasteiger charge is 2.37. The first kappa shape index (κ1) is 13.3. The van der Waals surface area contributed by atoms with Gasteiger partial charge in [0.2, 0.25) is 0 Å². The number of carbonyl (C=O) groups is 1. The van der Waals surface area contributed by atoms with Crippen molar-refractivity contribution in [1.82, 2.24) is 4.90 Å². The Kier molecular flexibility index (Phi) is 3.55. The second-order valence-corrected chi connectivity index (χ2v) is 5.86. The Hall–Kier alpha value is -1.71. The molecular weight excluding hydrogens is 252 g/mol. The van der Waals surface area contributed by atoms with E-state index < -0.39 is 0 Å². The molecule has 2 atom stereocenters. The van der Waals surface area contributed by atoms with E-state index in [1.54, 1.807) is 25.3 Å². The number of hydrogen-bond donors (Lipinski definition) is 1. The van der Waals surface area contributed by atoms with Crippen LogP contribution in [0, 0.1) is 5.92 Å². The van der Waals surface area contributed by atoms with Crippen LogP contribution in [0.4, 0.5) is 5.69 Å². The summed E-state index contributed by atoms with van der Waals surface area (Å²) in [7, 11) is 1.58. The molecule has 2 N–H and O–H groups in total. The third-order valence-electron chi connectivity index (χ3n) is 4.73. The third kappa shape index (κ3) is 2.23. The van der Waals surface area contributed by atoms with Crippen molar-refractivity contribution in [3.8, 4) is 5.75 Å². The topological polar surface area (TPSA) is 55.6 Å². The lowest BCUT2D eigenvalue weighted by Crippen LogP contribution is -2.46. The van der Waals surface area contributed by atoms with E-state index in [9.17, 15) is 4.79 Å². The molecule has 1 heterocycles. The summed E-state index contributed by atoms with van der Waals surface area (Å²) in [5.41, 5.74) is 7.07. The number of nitrogens with zero attached hydrogens (tertiary/aromatic N) is 1. The van der Waals surface area contributed by atoms with Crippen LogP contribution in [0.15, 0.2) is 18.2 Å². The monoisotopic (exact) mass is 274 g/mol. The third-order valence-corrected chi connectivity index (χ3v) is 4.73. The Morgan fingerprint density at radius 3 is 2.90 bits per heavy atom. The number of methoxy groups -OCH3 is 1. The molecule has 2 aliphatic rings. The van der Waals surface area contributed by atoms with Crippen molar-refractivity contribution in [3.05, 3.63) is 23.8 Å². The van der Waals surface area contributed by atoms with Crippen molar-refractivity contribution in [3.63, 3.8) is 0 Å². The van der Waals surface area contributed by atoms with Gasteiger partial charge in [0.05, 0.1) is 12.8 Å². The molecule has 2 unspecified atom stereocenters. The normalized spacial score (nSPS) is 25.4. The summed E-state index contributed by atoms with van der Waals surface area (Å²) in [6.45, 7) is 0.882. The lowest BCUT2D eigenvalue weighted by molar-refractivity contribution is 0.0548. The molecule has 1 aromatic rings. The fraction of sp³-hybridized carbons (Fsp3) is 0.562. The molecule has 3 rings (SSSR count). The molecule has 1 saturated carbocycles. The number of nitrogens with two attached hydrogens (primary N) is 1. The average molecular weight is 274 g/mol. The number of benzene rings is 1. The molecule has 4 nitrogen and oxygen atoms in total. The van der Waals surface area contributed by atoms with Gasteiger partial charge in [0.15, 0.2) is 0 Å². The number of fused-ring (bicyclic) bond motifs is 1. The highest BCUT2D eigenvalue weighted by Crippen LogP contribution is 2.37. The van der Waals surface area contributed by atoms with Gasteiger partial charge in [-0.15, -0.1) is 0 Å². The summed E-state index contributed by atoms with van der Waals surface area (Å²) in [5.74, 6) is 1.42. The molecule has 0 radical (unpaired) electrons. The maximum atomic E-state index is 12.8. The van der Waals surface area contributed by atoms with Gasteiger partial charge in [0, 0.05) is 18.2 Å². The van der Waals surface area contributed by atoms with Crippen LogP contribution >= 0.6 is 0 Å². The summed E-state index contributed by atoms with van der Waals surface area (Å²) >= 11 is 0. The van der Waals surface area contributed by atoms with E-state index in [1.165, 1.54) is 19.3 Å². The average Bonchev–Trinajstić information content (AvgIpc) is 2.95. The zero-order valence-corrected chi connectivity index (χ0v) is 12.0. The molecule has 0 aromatic heterocycles. The van der Waals surface area contributed by atoms with Crippen molar-refractivity contribution in [1.29, 1.82) is 0 Å². The molecule has 1 aromatic carbocycles. The SMILES string of the molecule is COc1cc(C(=O)N2CCCC3CCCC32)ccc1N. The largest absolute Gasteiger partial charge is 0.495 e. The van der Waals surface area contributed by atoms with Crippen LogP contribution in [0.25, 0.3) is 0 Å². The summed E-state index contributed by atoms with van der Waals surface area (Å²) in [6.07, 6.45) is 6.09. The van der Waals surface area contributed by atoms with Gasteiger partial charge < -0.3 is 15.4 Å². The van der Waals surface area contributed by atoms with Gasteiger partial charge in [-0.1, -0.05) is 6.42 Å². The quantitative estimate of drug-likeness (QED) is 0.844. The number of nitrogen functional groups attached to an aromatic ring is 1. The summed E-state index contributed by atoms with van der Waals surface area (Å²) in [5, 5.41) is 0. The second kappa shape index (κ2) is 5.35. The van der Waals surface area contributed by atoms with E-state index in [0.29, 0.717) is 29.0 Å². The molecule has 1 saturated heterocycles. The van der Waals surface area contributed by atoms with E-state index in [-0.39, 0.29) is 5.91 Å². The maximum absolute atomic E-state index is 12.8. The highest BCUT2D eigenvalue weighted by atomic mass is 16.5. The van der Waals surface area contributed by atoms with Crippen LogP contribution in [0.3, 0.4) is 0 Å². The smallest absolute Gasteiger partial charge is 0.254 e. The van der Waals surface area contributed by atoms with Gasteiger partial charge in [0.25, 0.3) is 5.91 Å². The van der Waals surface area contributed by atoms with Gasteiger partial charge in [-0.25, -0.2) is 0 Å². The number of likely N-dealkylation sites (tertiary alicyclic amines) is 1. The number of ether oxygens (including phenoxy) is 1. The maximum Gasteiger partial charge on any atom is 0.254 e. The zero-order chi connectivity index (χ0) is 14.1. The zero-order valence-electron chi connectivity index (χ0n) is 12.0. The van der Waals surface area contributed by atoms with Gasteiger partial charge in [0.1, 0.15) is 5.75 Å². The number of rotatable bonds is 2. The van der Waals surface area contributed by atoms with E-state index in [2.05, 4.69) is 4.90 Å². The molecule has 108 valence electrons. The molecule has 20 heavy (non-hydrogen) atoms. The minimum Gasteiger partial charge on any atom is -0.495 e. The number of carbonyl (C=O) groups excluding carboxylic acids is 1. The molecule has 0 bridgehead atoms. The van der Waals surface area contributed by atoms with Gasteiger partial charge in [-0.2, -0.15) is 0 Å². The molecule has 0 spiro atoms. The van der Waals surface area contributed by atoms with Crippen molar-refractivity contribution in [2.45, 2.75) is 38.1 Å². The summed E-state index contributed by atoms with van der Waals surface area (Å²) in [6, 6.07) is 5.76. The van der Waals surface area contributed by atoms with Gasteiger partial charge in [-0.3, -0.25) is 4.79 Å². The van der Waals surface area contributed by atoms with Crippen LogP contribution in [0.2, 0.25) is 0 Å². The first-order valence-electron chi connectivity index (χ1n) is 7.45. The summed E-state index contributed by atoms with van der Waals surface area (Å²) < 4.78 is 5.21. The van der Waals surface area contributed by atoms with Gasteiger partial charge in [-0.05, 0) is 49.8 Å². The van der Waals surface area contributed by atoms with Crippen molar-refractivity contribution in [2.24, 2.45) is 5.92 Å². The first-order valence-corrected chi connectivity index (χ1v) is 7.45. The number of anilines is 1. The molecule has 1 aliphatic carbocycles. The van der Waals surface area contributed by atoms with Crippen molar-refractivity contribution >= 4 is 11.6 Å². The first-order chi connectivity index (χ1) is 9.70. The molecule has 1 aliphatic heterocycles. The van der Waals surface area contributed by atoms with E-state index in [4.69, 9.17) is 10.5 Å². The number of hydrogen-bond acceptors (Lipinski definition) is 3. The van der Waals surface area contributed by atoms with Crippen molar-refractivity contribution < 1.29 is 9.53 Å². The van der Waals surface area contributed by atoms with E-state index in [1.807, 2.05) is 0 Å². The minimum absolute atomic E-state index is 0.125. The predicted octanol–water partition coefficient (Wildman–Crippen LogP) is 2.68. The predicted molar refractivity (Wildman–Crippen MR) is 78.8 cm³/mol. The Balaban J connectivity index is 1.84. The Morgan fingerprint density at radius 2 is 2.10 bits per heavy atom. The lowest BCUT2D eigenvalue weighted by atomic mass is 9.91. The number of piperidine rings is 1. The Morgan fingerprint density at radius 1 is 1.30 bits per heavy atom. The summed E-state index contributed by atoms with van der Waals surface area (Å²) in [4.78, 5) is 14.8. The van der Waals surface area contributed by atoms with E-state index in [0.717, 1.165) is 19.4 Å². The van der Waals surface area contributed by atoms with Crippen LogP contribution in [-0.4, -0.2) is 30.5 Å². The van der Waals surface area contributed by atoms with E-state index >= 15 is 0 Å². The molecule has 4 heteroatoms. The van der Waals surface area contributed by atoms with Crippen molar-refractivity contribution in [2.75, 3.05) is 19.4 Å². The van der Waals surface area contributed by atoms with Crippen LogP contribution in [0.5, 0.6) is 5.75 Å². The van der Waals surface area contributed by atoms with Crippen LogP contribution in [0.1, 0.15) is 42.5 Å². The van der Waals surface area contributed by atoms with Gasteiger partial charge >= 0.3 is 0 Å². The van der Waals surface area contributed by atoms with Crippen LogP contribution < -0.4 is 10.5 Å². The Labute approximate surface area is 119 Å². The molecular formula is C16H22N2O2. The highest BCUT2D eigenvalue weighted by molar-refractivity contribution is 5.95. The molecule has 1 amide bonds. The lowest BCUT2D eigenvalue weighted by Gasteiger charge is -2.38. The fourth-order valence-corrected chi connectivity index (χ4v) is 3.72. The van der Waals surface area contributed by atoms with Crippen LogP contribution in [-0.2, 0) is 0 Å². The minimum atomic E-state index is 0.125. The standard InChI is InChI=1S/C16H22N2O2/c1-20-15-10-12(7-8-13(15)17)16(19)18-9-3-5-11-4-2-6-14(11)18/h7-8,10-11,14H,2-6,9,17H2,1H3. The Bertz CT molecular complexity index is 515. The molecule has 2 fully saturated rings. The fourth-order valence-electron chi connectivity index (χ4n) is 3.72.